The molecule has 0 saturated carbocycles. The van der Waals surface area contributed by atoms with E-state index in [4.69, 9.17) is 10.2 Å². The van der Waals surface area contributed by atoms with E-state index in [1.54, 1.807) is 6.26 Å². The zero-order valence-electron chi connectivity index (χ0n) is 9.55. The molecule has 0 aromatic carbocycles. The summed E-state index contributed by atoms with van der Waals surface area (Å²) in [6, 6.07) is 7.79. The highest BCUT2D eigenvalue weighted by atomic mass is 16.3. The molecule has 3 aromatic rings. The second kappa shape index (κ2) is 3.75. The number of furan rings is 1. The lowest BCUT2D eigenvalue weighted by Crippen LogP contribution is -1.97. The molecule has 0 radical (unpaired) electrons. The molecule has 0 bridgehead atoms. The lowest BCUT2D eigenvalue weighted by molar-refractivity contribution is 0.580. The second-order valence-corrected chi connectivity index (χ2v) is 3.99. The highest BCUT2D eigenvalue weighted by molar-refractivity contribution is 5.62. The number of hydrogen-bond donors (Lipinski definition) is 1. The molecule has 0 amide bonds. The van der Waals surface area contributed by atoms with Crippen molar-refractivity contribution in [2.24, 2.45) is 5.73 Å². The van der Waals surface area contributed by atoms with Crippen molar-refractivity contribution in [2.45, 2.75) is 13.5 Å². The van der Waals surface area contributed by atoms with Crippen molar-refractivity contribution in [2.75, 3.05) is 0 Å². The van der Waals surface area contributed by atoms with Gasteiger partial charge in [0.1, 0.15) is 11.3 Å². The van der Waals surface area contributed by atoms with Crippen molar-refractivity contribution in [3.05, 3.63) is 48.0 Å². The van der Waals surface area contributed by atoms with E-state index in [2.05, 4.69) is 4.98 Å². The minimum absolute atomic E-state index is 0.526. The number of aromatic nitrogens is 2. The van der Waals surface area contributed by atoms with Crippen LogP contribution in [0.3, 0.4) is 0 Å². The minimum Gasteiger partial charge on any atom is -0.463 e. The van der Waals surface area contributed by atoms with Gasteiger partial charge in [-0.2, -0.15) is 0 Å². The minimum atomic E-state index is 0.526. The summed E-state index contributed by atoms with van der Waals surface area (Å²) in [5.41, 5.74) is 9.55. The Morgan fingerprint density at radius 3 is 3.00 bits per heavy atom. The third-order valence-electron chi connectivity index (χ3n) is 2.92. The predicted molar refractivity (Wildman–Crippen MR) is 65.5 cm³/mol. The van der Waals surface area contributed by atoms with Crippen LogP contribution in [0.2, 0.25) is 0 Å². The summed E-state index contributed by atoms with van der Waals surface area (Å²) in [5, 5.41) is 0. The van der Waals surface area contributed by atoms with E-state index in [0.717, 1.165) is 28.4 Å². The maximum atomic E-state index is 5.62. The fourth-order valence-electron chi connectivity index (χ4n) is 1.98. The Hall–Kier alpha value is -2.07. The van der Waals surface area contributed by atoms with E-state index < -0.39 is 0 Å². The summed E-state index contributed by atoms with van der Waals surface area (Å²) in [6.07, 6.45) is 3.65. The fraction of sp³-hybridized carbons (Fsp3) is 0.154. The summed E-state index contributed by atoms with van der Waals surface area (Å²) >= 11 is 0. The van der Waals surface area contributed by atoms with Crippen LogP contribution in [0.1, 0.15) is 11.3 Å². The van der Waals surface area contributed by atoms with Crippen molar-refractivity contribution >= 4 is 5.65 Å². The molecule has 4 nitrogen and oxygen atoms in total. The molecule has 0 aliphatic carbocycles. The first-order chi connectivity index (χ1) is 8.29. The van der Waals surface area contributed by atoms with Gasteiger partial charge in [0.2, 0.25) is 0 Å². The van der Waals surface area contributed by atoms with E-state index in [9.17, 15) is 0 Å². The molecule has 4 heteroatoms. The number of fused-ring (bicyclic) bond motifs is 1. The van der Waals surface area contributed by atoms with Gasteiger partial charge in [0.15, 0.2) is 5.76 Å². The van der Waals surface area contributed by atoms with Gasteiger partial charge in [0.05, 0.1) is 12.0 Å². The van der Waals surface area contributed by atoms with Crippen LogP contribution in [0.15, 0.2) is 41.1 Å². The summed E-state index contributed by atoms with van der Waals surface area (Å²) in [6.45, 7) is 2.55. The summed E-state index contributed by atoms with van der Waals surface area (Å²) < 4.78 is 7.42. The third kappa shape index (κ3) is 1.54. The van der Waals surface area contributed by atoms with E-state index in [-0.39, 0.29) is 0 Å². The Bertz CT molecular complexity index is 653. The molecule has 86 valence electrons. The number of rotatable bonds is 2. The Morgan fingerprint density at radius 1 is 1.41 bits per heavy atom. The molecular formula is C13H13N3O. The zero-order chi connectivity index (χ0) is 11.8. The average Bonchev–Trinajstić information content (AvgIpc) is 2.97. The van der Waals surface area contributed by atoms with Crippen LogP contribution < -0.4 is 5.73 Å². The summed E-state index contributed by atoms with van der Waals surface area (Å²) in [5.74, 6) is 0.792. The van der Waals surface area contributed by atoms with Crippen LogP contribution >= 0.6 is 0 Å². The quantitative estimate of drug-likeness (QED) is 0.731. The predicted octanol–water partition coefficient (Wildman–Crippen LogP) is 2.36. The Labute approximate surface area is 98.7 Å². The first-order valence-electron chi connectivity index (χ1n) is 5.51. The van der Waals surface area contributed by atoms with E-state index in [0.29, 0.717) is 6.54 Å². The summed E-state index contributed by atoms with van der Waals surface area (Å²) in [4.78, 5) is 4.58. The van der Waals surface area contributed by atoms with Gasteiger partial charge in [0, 0.05) is 12.7 Å². The fourth-order valence-corrected chi connectivity index (χ4v) is 1.98. The number of aryl methyl sites for hydroxylation is 1. The van der Waals surface area contributed by atoms with Crippen LogP contribution in [-0.2, 0) is 6.54 Å². The zero-order valence-corrected chi connectivity index (χ0v) is 9.55. The smallest absolute Gasteiger partial charge is 0.154 e. The van der Waals surface area contributed by atoms with Gasteiger partial charge in [0.25, 0.3) is 0 Å². The molecule has 0 unspecified atom stereocenters. The van der Waals surface area contributed by atoms with Crippen LogP contribution in [0.4, 0.5) is 0 Å². The third-order valence-corrected chi connectivity index (χ3v) is 2.92. The number of imidazole rings is 1. The Morgan fingerprint density at radius 2 is 2.29 bits per heavy atom. The van der Waals surface area contributed by atoms with E-state index in [1.807, 2.05) is 41.8 Å². The van der Waals surface area contributed by atoms with Gasteiger partial charge in [-0.1, -0.05) is 0 Å². The van der Waals surface area contributed by atoms with Gasteiger partial charge in [-0.15, -0.1) is 0 Å². The number of pyridine rings is 1. The van der Waals surface area contributed by atoms with Crippen LogP contribution in [0, 0.1) is 6.92 Å². The number of nitrogens with two attached hydrogens (primary N) is 1. The molecule has 0 aliphatic heterocycles. The van der Waals surface area contributed by atoms with Gasteiger partial charge < -0.3 is 14.6 Å². The Kier molecular flexibility index (Phi) is 2.23. The number of nitrogens with zero attached hydrogens (tertiary/aromatic N) is 2. The van der Waals surface area contributed by atoms with Gasteiger partial charge in [-0.3, -0.25) is 0 Å². The molecule has 0 fully saturated rings. The first kappa shape index (κ1) is 10.1. The lowest BCUT2D eigenvalue weighted by Gasteiger charge is -1.99. The average molecular weight is 227 g/mol. The van der Waals surface area contributed by atoms with Crippen molar-refractivity contribution in [3.63, 3.8) is 0 Å². The van der Waals surface area contributed by atoms with Gasteiger partial charge in [-0.05, 0) is 36.8 Å². The second-order valence-electron chi connectivity index (χ2n) is 3.99. The van der Waals surface area contributed by atoms with Crippen LogP contribution in [0.5, 0.6) is 0 Å². The van der Waals surface area contributed by atoms with Crippen molar-refractivity contribution in [1.29, 1.82) is 0 Å². The lowest BCUT2D eigenvalue weighted by atomic mass is 10.2. The maximum absolute atomic E-state index is 5.62. The molecule has 17 heavy (non-hydrogen) atoms. The standard InChI is InChI=1S/C13H13N3O/c1-9-13(11-3-2-6-17-11)15-12-7-10(8-14)4-5-16(9)12/h2-7H,8,14H2,1H3. The van der Waals surface area contributed by atoms with Crippen LogP contribution in [-0.4, -0.2) is 9.38 Å². The number of hydrogen-bond acceptors (Lipinski definition) is 3. The molecule has 0 spiro atoms. The normalized spacial score (nSPS) is 11.2. The van der Waals surface area contributed by atoms with E-state index in [1.165, 1.54) is 0 Å². The van der Waals surface area contributed by atoms with Crippen molar-refractivity contribution in [1.82, 2.24) is 9.38 Å². The molecule has 0 atom stereocenters. The van der Waals surface area contributed by atoms with Crippen molar-refractivity contribution < 1.29 is 4.42 Å². The Balaban J connectivity index is 2.24. The highest BCUT2D eigenvalue weighted by Gasteiger charge is 2.12. The SMILES string of the molecule is Cc1c(-c2ccco2)nc2cc(CN)ccn12. The van der Waals surface area contributed by atoms with Gasteiger partial charge in [-0.25, -0.2) is 4.98 Å². The molecule has 0 saturated heterocycles. The van der Waals surface area contributed by atoms with Gasteiger partial charge >= 0.3 is 0 Å². The molecule has 2 N–H and O–H groups in total. The molecule has 3 aromatic heterocycles. The largest absolute Gasteiger partial charge is 0.463 e. The molecule has 3 heterocycles. The highest BCUT2D eigenvalue weighted by Crippen LogP contribution is 2.24. The summed E-state index contributed by atoms with van der Waals surface area (Å²) in [7, 11) is 0. The maximum Gasteiger partial charge on any atom is 0.154 e. The van der Waals surface area contributed by atoms with Crippen molar-refractivity contribution in [3.8, 4) is 11.5 Å². The molecular weight excluding hydrogens is 214 g/mol. The monoisotopic (exact) mass is 227 g/mol. The topological polar surface area (TPSA) is 56.5 Å². The first-order valence-corrected chi connectivity index (χ1v) is 5.51. The molecule has 3 rings (SSSR count). The molecule has 0 aliphatic rings. The van der Waals surface area contributed by atoms with Crippen LogP contribution in [0.25, 0.3) is 17.1 Å². The van der Waals surface area contributed by atoms with E-state index >= 15 is 0 Å².